The van der Waals surface area contributed by atoms with E-state index in [1.807, 2.05) is 0 Å². The number of amides is 1. The second kappa shape index (κ2) is 9.70. The van der Waals surface area contributed by atoms with Crippen molar-refractivity contribution in [2.75, 3.05) is 39.3 Å². The molecule has 2 aliphatic heterocycles. The molecule has 0 bridgehead atoms. The predicted molar refractivity (Wildman–Crippen MR) is 122 cm³/mol. The largest absolute Gasteiger partial charge is 0.488 e. The maximum Gasteiger partial charge on any atom is 0.257 e. The summed E-state index contributed by atoms with van der Waals surface area (Å²) in [4.78, 5) is 25.8. The number of aliphatic hydroxyl groups is 1. The highest BCUT2D eigenvalue weighted by Gasteiger charge is 2.36. The highest BCUT2D eigenvalue weighted by Crippen LogP contribution is 2.30. The normalized spacial score (nSPS) is 21.1. The number of carbonyl (C=O) groups excluding carboxylic acids is 1. The quantitative estimate of drug-likeness (QED) is 0.665. The molecule has 0 radical (unpaired) electrons. The van der Waals surface area contributed by atoms with Gasteiger partial charge in [0, 0.05) is 38.0 Å². The lowest BCUT2D eigenvalue weighted by Gasteiger charge is -2.21. The summed E-state index contributed by atoms with van der Waals surface area (Å²) in [6.45, 7) is 5.96. The predicted octanol–water partition coefficient (Wildman–Crippen LogP) is 2.59. The first-order valence-corrected chi connectivity index (χ1v) is 11.3. The van der Waals surface area contributed by atoms with E-state index in [2.05, 4.69) is 14.9 Å². The summed E-state index contributed by atoms with van der Waals surface area (Å²) in [5.41, 5.74) is 1.87. The number of likely N-dealkylation sites (tertiary alicyclic amines) is 2. The van der Waals surface area contributed by atoms with Crippen LogP contribution in [0.15, 0.2) is 18.2 Å². The number of aromatic nitrogens is 2. The second-order valence-electron chi connectivity index (χ2n) is 8.52. The van der Waals surface area contributed by atoms with E-state index in [0.29, 0.717) is 41.0 Å². The number of β-amino-alcohol motifs (C(OH)–C–C–N with tert-alkyl or cyclic N) is 1. The van der Waals surface area contributed by atoms with Gasteiger partial charge in [0.2, 0.25) is 0 Å². The Hall–Kier alpha value is -2.62. The van der Waals surface area contributed by atoms with Crippen LogP contribution in [0.1, 0.15) is 39.9 Å². The smallest absolute Gasteiger partial charge is 0.257 e. The van der Waals surface area contributed by atoms with Crippen LogP contribution in [0, 0.1) is 25.1 Å². The van der Waals surface area contributed by atoms with Crippen molar-refractivity contribution in [1.82, 2.24) is 19.8 Å². The van der Waals surface area contributed by atoms with Gasteiger partial charge in [0.05, 0.1) is 41.0 Å². The summed E-state index contributed by atoms with van der Waals surface area (Å²) < 4.78 is 20.0. The summed E-state index contributed by atoms with van der Waals surface area (Å²) >= 11 is 6.18. The van der Waals surface area contributed by atoms with Crippen LogP contribution in [0.3, 0.4) is 0 Å². The van der Waals surface area contributed by atoms with Crippen molar-refractivity contribution in [3.63, 3.8) is 0 Å². The molecule has 3 heterocycles. The van der Waals surface area contributed by atoms with Gasteiger partial charge in [-0.3, -0.25) is 9.69 Å². The van der Waals surface area contributed by atoms with Crippen molar-refractivity contribution in [1.29, 1.82) is 5.41 Å². The lowest BCUT2D eigenvalue weighted by molar-refractivity contribution is 0.0787. The van der Waals surface area contributed by atoms with E-state index in [1.165, 1.54) is 18.2 Å². The van der Waals surface area contributed by atoms with Crippen molar-refractivity contribution in [2.24, 2.45) is 0 Å². The summed E-state index contributed by atoms with van der Waals surface area (Å²) in [7, 11) is 0. The first-order valence-electron chi connectivity index (χ1n) is 10.9. The molecular formula is C23H27ClFN5O3. The number of hydrogen-bond acceptors (Lipinski definition) is 7. The van der Waals surface area contributed by atoms with E-state index in [4.69, 9.17) is 26.9 Å². The highest BCUT2D eigenvalue weighted by molar-refractivity contribution is 6.31. The molecule has 2 atom stereocenters. The molecule has 33 heavy (non-hydrogen) atoms. The molecule has 2 saturated heterocycles. The van der Waals surface area contributed by atoms with Gasteiger partial charge in [-0.1, -0.05) is 11.6 Å². The molecule has 2 unspecified atom stereocenters. The Morgan fingerprint density at radius 1 is 1.30 bits per heavy atom. The Morgan fingerprint density at radius 3 is 2.73 bits per heavy atom. The van der Waals surface area contributed by atoms with E-state index in [9.17, 15) is 9.18 Å². The minimum atomic E-state index is -0.487. The molecule has 10 heteroatoms. The maximum atomic E-state index is 14.0. The molecule has 8 nitrogen and oxygen atoms in total. The van der Waals surface area contributed by atoms with Crippen LogP contribution < -0.4 is 4.74 Å². The van der Waals surface area contributed by atoms with Gasteiger partial charge in [-0.05, 0) is 32.4 Å². The van der Waals surface area contributed by atoms with Gasteiger partial charge in [0.25, 0.3) is 5.91 Å². The van der Waals surface area contributed by atoms with Crippen LogP contribution in [-0.2, 0) is 0 Å². The van der Waals surface area contributed by atoms with Crippen LogP contribution in [-0.4, -0.2) is 81.9 Å². The molecule has 176 valence electrons. The number of benzene rings is 1. The topological polar surface area (TPSA) is 103 Å². The van der Waals surface area contributed by atoms with Gasteiger partial charge in [-0.25, -0.2) is 14.4 Å². The standard InChI is InChI=1S/C23H27ClFN5O3/c1-13-21(24)14(2)28-22(27-13)18-11-30(12-19(18)26)23(32)17-4-3-15(25)9-20(17)33-16-5-6-29(10-16)7-8-31/h3-4,9,16,18,26,31H,5-8,10-12H2,1-2H3. The third-order valence-electron chi connectivity index (χ3n) is 6.10. The van der Waals surface area contributed by atoms with Gasteiger partial charge < -0.3 is 20.2 Å². The van der Waals surface area contributed by atoms with E-state index in [-0.39, 0.29) is 43.0 Å². The van der Waals surface area contributed by atoms with Crippen molar-refractivity contribution in [3.8, 4) is 5.75 Å². The molecule has 2 aliphatic rings. The number of carbonyl (C=O) groups is 1. The molecule has 1 amide bonds. The van der Waals surface area contributed by atoms with E-state index in [0.717, 1.165) is 13.0 Å². The van der Waals surface area contributed by atoms with Crippen molar-refractivity contribution >= 4 is 23.2 Å². The maximum absolute atomic E-state index is 14.0. The van der Waals surface area contributed by atoms with Crippen molar-refractivity contribution in [2.45, 2.75) is 32.3 Å². The molecule has 4 rings (SSSR count). The van der Waals surface area contributed by atoms with Gasteiger partial charge in [-0.15, -0.1) is 0 Å². The zero-order chi connectivity index (χ0) is 23.7. The Balaban J connectivity index is 1.52. The second-order valence-corrected chi connectivity index (χ2v) is 8.90. The fraction of sp³-hybridized carbons (Fsp3) is 0.478. The van der Waals surface area contributed by atoms with Crippen molar-refractivity contribution < 1.29 is 19.0 Å². The zero-order valence-corrected chi connectivity index (χ0v) is 19.4. The van der Waals surface area contributed by atoms with Crippen molar-refractivity contribution in [3.05, 3.63) is 51.8 Å². The number of rotatable bonds is 6. The average molecular weight is 476 g/mol. The lowest BCUT2D eigenvalue weighted by Crippen LogP contribution is -2.31. The Bertz CT molecular complexity index is 1060. The number of halogens is 2. The molecule has 1 aromatic heterocycles. The van der Waals surface area contributed by atoms with Crippen LogP contribution in [0.25, 0.3) is 0 Å². The minimum absolute atomic E-state index is 0.0644. The Morgan fingerprint density at radius 2 is 2.03 bits per heavy atom. The molecular weight excluding hydrogens is 449 g/mol. The zero-order valence-electron chi connectivity index (χ0n) is 18.6. The number of nitrogens with zero attached hydrogens (tertiary/aromatic N) is 4. The molecule has 0 spiro atoms. The number of nitrogens with one attached hydrogen (secondary N) is 1. The molecule has 2 N–H and O–H groups in total. The van der Waals surface area contributed by atoms with Gasteiger partial charge in [0.15, 0.2) is 0 Å². The summed E-state index contributed by atoms with van der Waals surface area (Å²) in [6.07, 6.45) is 0.538. The van der Waals surface area contributed by atoms with Gasteiger partial charge >= 0.3 is 0 Å². The van der Waals surface area contributed by atoms with Gasteiger partial charge in [0.1, 0.15) is 23.5 Å². The monoisotopic (exact) mass is 475 g/mol. The van der Waals surface area contributed by atoms with E-state index >= 15 is 0 Å². The summed E-state index contributed by atoms with van der Waals surface area (Å²) in [5.74, 6) is -0.569. The fourth-order valence-electron chi connectivity index (χ4n) is 4.35. The Kier molecular flexibility index (Phi) is 6.92. The molecule has 1 aromatic carbocycles. The first-order chi connectivity index (χ1) is 15.8. The Labute approximate surface area is 196 Å². The third kappa shape index (κ3) is 5.00. The number of ether oxygens (including phenoxy) is 1. The highest BCUT2D eigenvalue weighted by atomic mass is 35.5. The fourth-order valence-corrected chi connectivity index (χ4v) is 4.43. The number of hydrogen-bond donors (Lipinski definition) is 2. The number of aliphatic hydroxyl groups excluding tert-OH is 1. The SMILES string of the molecule is Cc1nc(C2CN(C(=O)c3ccc(F)cc3OC3CCN(CCO)C3)CC2=N)nc(C)c1Cl. The van der Waals surface area contributed by atoms with Crippen LogP contribution in [0.5, 0.6) is 5.75 Å². The van der Waals surface area contributed by atoms with Crippen LogP contribution in [0.2, 0.25) is 5.02 Å². The molecule has 2 aromatic rings. The molecule has 0 saturated carbocycles. The van der Waals surface area contributed by atoms with Crippen LogP contribution >= 0.6 is 11.6 Å². The summed E-state index contributed by atoms with van der Waals surface area (Å²) in [6, 6.07) is 3.90. The molecule has 0 aliphatic carbocycles. The van der Waals surface area contributed by atoms with Gasteiger partial charge in [-0.2, -0.15) is 0 Å². The van der Waals surface area contributed by atoms with E-state index in [1.54, 1.807) is 18.7 Å². The average Bonchev–Trinajstić information content (AvgIpc) is 3.38. The molecule has 2 fully saturated rings. The summed E-state index contributed by atoms with van der Waals surface area (Å²) in [5, 5.41) is 18.1. The third-order valence-corrected chi connectivity index (χ3v) is 6.64. The first kappa shape index (κ1) is 23.5. The van der Waals surface area contributed by atoms with E-state index < -0.39 is 11.7 Å². The number of aryl methyl sites for hydroxylation is 2. The lowest BCUT2D eigenvalue weighted by atomic mass is 10.1. The minimum Gasteiger partial charge on any atom is -0.488 e. The van der Waals surface area contributed by atoms with Crippen LogP contribution in [0.4, 0.5) is 4.39 Å².